The summed E-state index contributed by atoms with van der Waals surface area (Å²) in [5, 5.41) is 0. The van der Waals surface area contributed by atoms with Crippen LogP contribution in [0.4, 0.5) is 0 Å². The summed E-state index contributed by atoms with van der Waals surface area (Å²) < 4.78 is 0. The summed E-state index contributed by atoms with van der Waals surface area (Å²) in [6.45, 7) is 10.7. The van der Waals surface area contributed by atoms with Gasteiger partial charge in [0.25, 0.3) is 0 Å². The van der Waals surface area contributed by atoms with Gasteiger partial charge in [0.2, 0.25) is 0 Å². The zero-order chi connectivity index (χ0) is 13.7. The van der Waals surface area contributed by atoms with Crippen molar-refractivity contribution >= 4 is 0 Å². The van der Waals surface area contributed by atoms with E-state index in [-0.39, 0.29) is 0 Å². The average molecular weight is 264 g/mol. The van der Waals surface area contributed by atoms with Crippen molar-refractivity contribution in [1.29, 1.82) is 0 Å². The highest BCUT2D eigenvalue weighted by atomic mass is 15.2. The molecule has 3 unspecified atom stereocenters. The Kier molecular flexibility index (Phi) is 3.46. The van der Waals surface area contributed by atoms with Crippen molar-refractivity contribution in [1.82, 2.24) is 4.90 Å². The predicted octanol–water partition coefficient (Wildman–Crippen LogP) is 3.26. The van der Waals surface area contributed by atoms with E-state index in [1.165, 1.54) is 51.6 Å². The summed E-state index contributed by atoms with van der Waals surface area (Å²) in [6, 6.07) is 0. The van der Waals surface area contributed by atoms with E-state index >= 15 is 0 Å². The van der Waals surface area contributed by atoms with Crippen LogP contribution >= 0.6 is 0 Å². The fourth-order valence-corrected chi connectivity index (χ4v) is 5.37. The number of hydrogen-bond acceptors (Lipinski definition) is 2. The molecule has 2 aliphatic carbocycles. The molecule has 1 aliphatic heterocycles. The molecule has 19 heavy (non-hydrogen) atoms. The summed E-state index contributed by atoms with van der Waals surface area (Å²) in [5.41, 5.74) is 7.14. The first-order chi connectivity index (χ1) is 8.95. The summed E-state index contributed by atoms with van der Waals surface area (Å²) in [5.74, 6) is 2.81. The Morgan fingerprint density at radius 1 is 1.11 bits per heavy atom. The number of piperidine rings is 1. The van der Waals surface area contributed by atoms with Gasteiger partial charge in [-0.1, -0.05) is 27.2 Å². The molecule has 0 amide bonds. The van der Waals surface area contributed by atoms with Crippen molar-refractivity contribution in [2.75, 3.05) is 19.6 Å². The first kappa shape index (κ1) is 13.9. The molecule has 2 saturated carbocycles. The maximum atomic E-state index is 6.26. The van der Waals surface area contributed by atoms with Crippen LogP contribution in [0.3, 0.4) is 0 Å². The maximum absolute atomic E-state index is 6.26. The Bertz CT molecular complexity index is 325. The van der Waals surface area contributed by atoms with Crippen LogP contribution in [0.1, 0.15) is 59.3 Å². The van der Waals surface area contributed by atoms with Crippen LogP contribution in [-0.2, 0) is 0 Å². The molecule has 2 nitrogen and oxygen atoms in total. The molecule has 3 fully saturated rings. The number of likely N-dealkylation sites (tertiary alicyclic amines) is 1. The molecular weight excluding hydrogens is 232 g/mol. The van der Waals surface area contributed by atoms with Gasteiger partial charge in [0.15, 0.2) is 0 Å². The Hall–Kier alpha value is -0.0800. The third-order valence-electron chi connectivity index (χ3n) is 6.65. The summed E-state index contributed by atoms with van der Waals surface area (Å²) in [4.78, 5) is 2.80. The summed E-state index contributed by atoms with van der Waals surface area (Å²) in [6.07, 6.45) is 8.54. The van der Waals surface area contributed by atoms with Crippen LogP contribution in [0, 0.1) is 23.2 Å². The third kappa shape index (κ3) is 2.25. The monoisotopic (exact) mass is 264 g/mol. The average Bonchev–Trinajstić information content (AvgIpc) is 2.98. The minimum absolute atomic E-state index is 0.395. The van der Waals surface area contributed by atoms with Crippen molar-refractivity contribution in [3.8, 4) is 0 Å². The van der Waals surface area contributed by atoms with Crippen molar-refractivity contribution in [3.05, 3.63) is 0 Å². The topological polar surface area (TPSA) is 29.3 Å². The molecule has 0 aromatic rings. The molecule has 2 N–H and O–H groups in total. The number of nitrogens with two attached hydrogens (primary N) is 1. The second-order valence-corrected chi connectivity index (χ2v) is 8.52. The first-order valence-corrected chi connectivity index (χ1v) is 8.41. The lowest BCUT2D eigenvalue weighted by molar-refractivity contribution is -0.00267. The molecule has 0 aromatic carbocycles. The van der Waals surface area contributed by atoms with E-state index in [9.17, 15) is 0 Å². The minimum atomic E-state index is 0.395. The van der Waals surface area contributed by atoms with E-state index in [0.717, 1.165) is 24.3 Å². The van der Waals surface area contributed by atoms with Gasteiger partial charge in [-0.05, 0) is 68.4 Å². The van der Waals surface area contributed by atoms with Gasteiger partial charge < -0.3 is 5.73 Å². The van der Waals surface area contributed by atoms with Crippen LogP contribution in [0.5, 0.6) is 0 Å². The normalized spacial score (nSPS) is 41.1. The van der Waals surface area contributed by atoms with Crippen molar-refractivity contribution < 1.29 is 0 Å². The fourth-order valence-electron chi connectivity index (χ4n) is 5.37. The van der Waals surface area contributed by atoms with E-state index in [1.54, 1.807) is 0 Å². The lowest BCUT2D eigenvalue weighted by Gasteiger charge is -2.50. The van der Waals surface area contributed by atoms with Gasteiger partial charge in [-0.3, -0.25) is 4.90 Å². The zero-order valence-corrected chi connectivity index (χ0v) is 13.1. The highest BCUT2D eigenvalue weighted by molar-refractivity contribution is 5.09. The Labute approximate surface area is 119 Å². The summed E-state index contributed by atoms with van der Waals surface area (Å²) in [7, 11) is 0. The van der Waals surface area contributed by atoms with Gasteiger partial charge in [-0.25, -0.2) is 0 Å². The molecule has 3 atom stereocenters. The Balaban J connectivity index is 1.67. The number of rotatable bonds is 2. The number of nitrogens with zero attached hydrogens (tertiary/aromatic N) is 1. The van der Waals surface area contributed by atoms with E-state index in [2.05, 4.69) is 25.7 Å². The molecule has 3 rings (SSSR count). The standard InChI is InChI=1S/C17H32N2/c1-16(2,3)14-6-8-19(9-7-14)17(12-18)11-13-4-5-15(17)10-13/h13-15H,4-12,18H2,1-3H3. The van der Waals surface area contributed by atoms with Gasteiger partial charge in [-0.15, -0.1) is 0 Å². The molecular formula is C17H32N2. The fraction of sp³-hybridized carbons (Fsp3) is 1.00. The van der Waals surface area contributed by atoms with Gasteiger partial charge >= 0.3 is 0 Å². The number of hydrogen-bond donors (Lipinski definition) is 1. The molecule has 1 saturated heterocycles. The quantitative estimate of drug-likeness (QED) is 0.829. The van der Waals surface area contributed by atoms with Crippen molar-refractivity contribution in [2.24, 2.45) is 28.9 Å². The smallest absolute Gasteiger partial charge is 0.0362 e. The highest BCUT2D eigenvalue weighted by Gasteiger charge is 2.53. The number of fused-ring (bicyclic) bond motifs is 2. The van der Waals surface area contributed by atoms with Crippen LogP contribution in [-0.4, -0.2) is 30.1 Å². The van der Waals surface area contributed by atoms with Crippen LogP contribution in [0.15, 0.2) is 0 Å². The van der Waals surface area contributed by atoms with Gasteiger partial charge in [0.1, 0.15) is 0 Å². The molecule has 3 aliphatic rings. The van der Waals surface area contributed by atoms with Crippen molar-refractivity contribution in [3.63, 3.8) is 0 Å². The van der Waals surface area contributed by atoms with E-state index in [1.807, 2.05) is 0 Å². The minimum Gasteiger partial charge on any atom is -0.329 e. The lowest BCUT2D eigenvalue weighted by Crippen LogP contribution is -2.59. The largest absolute Gasteiger partial charge is 0.329 e. The predicted molar refractivity (Wildman–Crippen MR) is 81.0 cm³/mol. The van der Waals surface area contributed by atoms with Gasteiger partial charge in [-0.2, -0.15) is 0 Å². The van der Waals surface area contributed by atoms with E-state index in [0.29, 0.717) is 11.0 Å². The van der Waals surface area contributed by atoms with Crippen LogP contribution in [0.25, 0.3) is 0 Å². The molecule has 110 valence electrons. The maximum Gasteiger partial charge on any atom is 0.0362 e. The SMILES string of the molecule is CC(C)(C)C1CCN(C2(CN)CC3CCC2C3)CC1. The zero-order valence-electron chi connectivity index (χ0n) is 13.1. The van der Waals surface area contributed by atoms with Gasteiger partial charge in [0.05, 0.1) is 0 Å². The second-order valence-electron chi connectivity index (χ2n) is 8.52. The lowest BCUT2D eigenvalue weighted by atomic mass is 9.72. The van der Waals surface area contributed by atoms with Crippen LogP contribution in [0.2, 0.25) is 0 Å². The molecule has 0 spiro atoms. The Morgan fingerprint density at radius 3 is 2.21 bits per heavy atom. The molecule has 2 bridgehead atoms. The molecule has 0 radical (unpaired) electrons. The molecule has 1 heterocycles. The van der Waals surface area contributed by atoms with E-state index in [4.69, 9.17) is 5.73 Å². The van der Waals surface area contributed by atoms with Crippen LogP contribution < -0.4 is 5.73 Å². The first-order valence-electron chi connectivity index (χ1n) is 8.41. The third-order valence-corrected chi connectivity index (χ3v) is 6.65. The highest BCUT2D eigenvalue weighted by Crippen LogP contribution is 2.54. The summed E-state index contributed by atoms with van der Waals surface area (Å²) >= 11 is 0. The van der Waals surface area contributed by atoms with Crippen molar-refractivity contribution in [2.45, 2.75) is 64.8 Å². The molecule has 0 aromatic heterocycles. The second kappa shape index (κ2) is 4.73. The van der Waals surface area contributed by atoms with E-state index < -0.39 is 0 Å². The molecule has 2 heteroatoms. The Morgan fingerprint density at radius 2 is 1.79 bits per heavy atom. The van der Waals surface area contributed by atoms with Gasteiger partial charge in [0, 0.05) is 12.1 Å².